The van der Waals surface area contributed by atoms with Crippen molar-refractivity contribution in [3.8, 4) is 0 Å². The second-order valence-electron chi connectivity index (χ2n) is 2.54. The van der Waals surface area contributed by atoms with Crippen molar-refractivity contribution in [2.75, 3.05) is 6.61 Å². The zero-order chi connectivity index (χ0) is 9.90. The maximum Gasteiger partial charge on any atom is 0.291 e. The summed E-state index contributed by atoms with van der Waals surface area (Å²) in [5.41, 5.74) is -0.315. The van der Waals surface area contributed by atoms with Crippen LogP contribution in [0.5, 0.6) is 0 Å². The van der Waals surface area contributed by atoms with Crippen LogP contribution in [-0.2, 0) is 5.92 Å². The highest BCUT2D eigenvalue weighted by atomic mass is 79.9. The summed E-state index contributed by atoms with van der Waals surface area (Å²) in [7, 11) is 0. The maximum absolute atomic E-state index is 13.1. The van der Waals surface area contributed by atoms with Crippen LogP contribution in [0, 0.1) is 0 Å². The molecule has 2 nitrogen and oxygen atoms in total. The van der Waals surface area contributed by atoms with E-state index in [1.165, 1.54) is 18.3 Å². The molecule has 1 aromatic heterocycles. The molecule has 0 fully saturated rings. The molecule has 5 heteroatoms. The van der Waals surface area contributed by atoms with E-state index in [1.54, 1.807) is 0 Å². The van der Waals surface area contributed by atoms with Crippen molar-refractivity contribution in [3.63, 3.8) is 0 Å². The van der Waals surface area contributed by atoms with Crippen LogP contribution in [-0.4, -0.2) is 16.7 Å². The number of aliphatic hydroxyl groups excluding tert-OH is 1. The van der Waals surface area contributed by atoms with E-state index in [1.807, 2.05) is 0 Å². The van der Waals surface area contributed by atoms with E-state index in [2.05, 4.69) is 20.9 Å². The number of hydrogen-bond donors (Lipinski definition) is 1. The van der Waals surface area contributed by atoms with Gasteiger partial charge in [-0.25, -0.2) is 0 Å². The Labute approximate surface area is 82.7 Å². The predicted molar refractivity (Wildman–Crippen MR) is 47.5 cm³/mol. The van der Waals surface area contributed by atoms with Gasteiger partial charge in [0.05, 0.1) is 0 Å². The molecule has 0 saturated heterocycles. The molecule has 1 heterocycles. The van der Waals surface area contributed by atoms with Gasteiger partial charge in [0, 0.05) is 23.7 Å². The summed E-state index contributed by atoms with van der Waals surface area (Å²) in [5.74, 6) is -3.05. The van der Waals surface area contributed by atoms with Crippen LogP contribution in [0.2, 0.25) is 0 Å². The third kappa shape index (κ3) is 2.70. The van der Waals surface area contributed by atoms with Crippen molar-refractivity contribution >= 4 is 15.9 Å². The molecule has 0 unspecified atom stereocenters. The summed E-state index contributed by atoms with van der Waals surface area (Å²) in [6.45, 7) is -0.551. The van der Waals surface area contributed by atoms with Gasteiger partial charge in [-0.05, 0) is 28.1 Å². The summed E-state index contributed by atoms with van der Waals surface area (Å²) in [6, 6.07) is 2.73. The van der Waals surface area contributed by atoms with Gasteiger partial charge in [0.25, 0.3) is 5.92 Å². The van der Waals surface area contributed by atoms with Crippen molar-refractivity contribution in [2.24, 2.45) is 0 Å². The molecule has 0 aliphatic heterocycles. The van der Waals surface area contributed by atoms with Crippen LogP contribution in [0.25, 0.3) is 0 Å². The van der Waals surface area contributed by atoms with Gasteiger partial charge in [-0.3, -0.25) is 4.98 Å². The third-order valence-corrected chi connectivity index (χ3v) is 2.00. The molecule has 0 radical (unpaired) electrons. The molecule has 0 amide bonds. The first kappa shape index (κ1) is 10.5. The molecule has 0 bridgehead atoms. The van der Waals surface area contributed by atoms with Crippen molar-refractivity contribution in [3.05, 3.63) is 28.5 Å². The van der Waals surface area contributed by atoms with Crippen molar-refractivity contribution in [2.45, 2.75) is 12.3 Å². The topological polar surface area (TPSA) is 33.1 Å². The van der Waals surface area contributed by atoms with Gasteiger partial charge in [-0.1, -0.05) is 0 Å². The van der Waals surface area contributed by atoms with E-state index in [4.69, 9.17) is 5.11 Å². The first-order valence-electron chi connectivity index (χ1n) is 3.67. The number of rotatable bonds is 3. The van der Waals surface area contributed by atoms with Crippen LogP contribution < -0.4 is 0 Å². The quantitative estimate of drug-likeness (QED) is 0.895. The average molecular weight is 252 g/mol. The van der Waals surface area contributed by atoms with Crippen molar-refractivity contribution in [1.29, 1.82) is 0 Å². The maximum atomic E-state index is 13.1. The predicted octanol–water partition coefficient (Wildman–Crippen LogP) is 2.32. The smallest absolute Gasteiger partial charge is 0.291 e. The monoisotopic (exact) mass is 251 g/mol. The van der Waals surface area contributed by atoms with Crippen LogP contribution >= 0.6 is 15.9 Å². The fraction of sp³-hybridized carbons (Fsp3) is 0.375. The standard InChI is InChI=1S/C8H8BrF2NO/c9-6-1-2-7(12-5-6)8(10,11)3-4-13/h1-2,5,13H,3-4H2. The van der Waals surface area contributed by atoms with E-state index in [0.717, 1.165) is 0 Å². The van der Waals surface area contributed by atoms with Gasteiger partial charge in [0.1, 0.15) is 5.69 Å². The van der Waals surface area contributed by atoms with Gasteiger partial charge in [0.2, 0.25) is 0 Å². The highest BCUT2D eigenvalue weighted by Crippen LogP contribution is 2.29. The van der Waals surface area contributed by atoms with E-state index in [9.17, 15) is 8.78 Å². The molecule has 1 N–H and O–H groups in total. The first-order valence-corrected chi connectivity index (χ1v) is 4.46. The number of aromatic nitrogens is 1. The number of nitrogens with zero attached hydrogens (tertiary/aromatic N) is 1. The molecule has 13 heavy (non-hydrogen) atoms. The SMILES string of the molecule is OCCC(F)(F)c1ccc(Br)cn1. The Balaban J connectivity index is 2.87. The minimum Gasteiger partial charge on any atom is -0.396 e. The summed E-state index contributed by atoms with van der Waals surface area (Å²) >= 11 is 3.09. The number of aliphatic hydroxyl groups is 1. The normalized spacial score (nSPS) is 11.7. The van der Waals surface area contributed by atoms with E-state index in [0.29, 0.717) is 4.47 Å². The van der Waals surface area contributed by atoms with Gasteiger partial charge in [-0.2, -0.15) is 8.78 Å². The summed E-state index contributed by atoms with van der Waals surface area (Å²) in [6.07, 6.45) is 0.711. The van der Waals surface area contributed by atoms with Crippen LogP contribution in [0.1, 0.15) is 12.1 Å². The lowest BCUT2D eigenvalue weighted by Gasteiger charge is -2.13. The second kappa shape index (κ2) is 4.11. The molecule has 0 spiro atoms. The largest absolute Gasteiger partial charge is 0.396 e. The molecule has 0 aromatic carbocycles. The third-order valence-electron chi connectivity index (χ3n) is 1.53. The molecule has 0 aliphatic carbocycles. The molecule has 0 aliphatic rings. The fourth-order valence-corrected chi connectivity index (χ4v) is 1.10. The van der Waals surface area contributed by atoms with Crippen LogP contribution in [0.3, 0.4) is 0 Å². The van der Waals surface area contributed by atoms with Crippen molar-refractivity contribution < 1.29 is 13.9 Å². The van der Waals surface area contributed by atoms with Crippen LogP contribution in [0.4, 0.5) is 8.78 Å². The van der Waals surface area contributed by atoms with Gasteiger partial charge < -0.3 is 5.11 Å². The lowest BCUT2D eigenvalue weighted by Crippen LogP contribution is -2.16. The van der Waals surface area contributed by atoms with Gasteiger partial charge >= 0.3 is 0 Å². The first-order chi connectivity index (χ1) is 6.06. The Bertz CT molecular complexity index is 276. The molecule has 0 saturated carbocycles. The van der Waals surface area contributed by atoms with E-state index < -0.39 is 19.0 Å². The van der Waals surface area contributed by atoms with E-state index in [-0.39, 0.29) is 5.69 Å². The Morgan fingerprint density at radius 1 is 1.46 bits per heavy atom. The Hall–Kier alpha value is -0.550. The van der Waals surface area contributed by atoms with Gasteiger partial charge in [-0.15, -0.1) is 0 Å². The molecule has 72 valence electrons. The lowest BCUT2D eigenvalue weighted by molar-refractivity contribution is -0.0310. The molecular formula is C8H8BrF2NO. The number of halogens is 3. The molecule has 0 atom stereocenters. The lowest BCUT2D eigenvalue weighted by atomic mass is 10.1. The molecular weight excluding hydrogens is 244 g/mol. The van der Waals surface area contributed by atoms with Crippen molar-refractivity contribution in [1.82, 2.24) is 4.98 Å². The number of hydrogen-bond acceptors (Lipinski definition) is 2. The summed E-state index contributed by atoms with van der Waals surface area (Å²) < 4.78 is 26.7. The highest BCUT2D eigenvalue weighted by Gasteiger charge is 2.32. The zero-order valence-electron chi connectivity index (χ0n) is 6.67. The number of alkyl halides is 2. The summed E-state index contributed by atoms with van der Waals surface area (Å²) in [4.78, 5) is 3.56. The Kier molecular flexibility index (Phi) is 3.33. The highest BCUT2D eigenvalue weighted by molar-refractivity contribution is 9.10. The minimum atomic E-state index is -3.05. The second-order valence-corrected chi connectivity index (χ2v) is 3.46. The number of pyridine rings is 1. The Morgan fingerprint density at radius 2 is 2.15 bits per heavy atom. The van der Waals surface area contributed by atoms with Crippen LogP contribution in [0.15, 0.2) is 22.8 Å². The van der Waals surface area contributed by atoms with Gasteiger partial charge in [0.15, 0.2) is 0 Å². The minimum absolute atomic E-state index is 0.315. The molecule has 1 aromatic rings. The fourth-order valence-electron chi connectivity index (χ4n) is 0.861. The van der Waals surface area contributed by atoms with E-state index >= 15 is 0 Å². The summed E-state index contributed by atoms with van der Waals surface area (Å²) in [5, 5.41) is 8.40. The molecule has 1 rings (SSSR count). The Morgan fingerprint density at radius 3 is 2.62 bits per heavy atom. The average Bonchev–Trinajstić information content (AvgIpc) is 2.05. The zero-order valence-corrected chi connectivity index (χ0v) is 8.26.